The van der Waals surface area contributed by atoms with E-state index in [-0.39, 0.29) is 11.6 Å². The van der Waals surface area contributed by atoms with Crippen LogP contribution in [0.4, 0.5) is 0 Å². The lowest BCUT2D eigenvalue weighted by molar-refractivity contribution is 0.0395. The SMILES string of the molecule is CCNC(=NCC1(O)CCSC1)NC1CC2(CCCC2)Oc2ccccc21. The lowest BCUT2D eigenvalue weighted by atomic mass is 9.86. The van der Waals surface area contributed by atoms with Gasteiger partial charge in [-0.1, -0.05) is 18.2 Å². The van der Waals surface area contributed by atoms with Crippen LogP contribution in [0.5, 0.6) is 5.75 Å². The van der Waals surface area contributed by atoms with Crippen molar-refractivity contribution in [3.8, 4) is 5.75 Å². The van der Waals surface area contributed by atoms with E-state index in [0.717, 1.165) is 55.4 Å². The van der Waals surface area contributed by atoms with Gasteiger partial charge in [0.2, 0.25) is 0 Å². The Hall–Kier alpha value is -1.40. The molecule has 1 saturated heterocycles. The number of hydrogen-bond donors (Lipinski definition) is 3. The first-order valence-electron chi connectivity index (χ1n) is 10.2. The van der Waals surface area contributed by atoms with Gasteiger partial charge in [-0.3, -0.25) is 4.99 Å². The predicted octanol–water partition coefficient (Wildman–Crippen LogP) is 3.25. The van der Waals surface area contributed by atoms with Gasteiger partial charge in [0, 0.05) is 24.3 Å². The van der Waals surface area contributed by atoms with Gasteiger partial charge >= 0.3 is 0 Å². The molecule has 0 aromatic heterocycles. The molecule has 0 bridgehead atoms. The second-order valence-corrected chi connectivity index (χ2v) is 9.26. The molecule has 2 heterocycles. The van der Waals surface area contributed by atoms with Gasteiger partial charge in [-0.05, 0) is 50.8 Å². The Kier molecular flexibility index (Phi) is 5.55. The smallest absolute Gasteiger partial charge is 0.191 e. The first kappa shape index (κ1) is 18.9. The molecule has 3 aliphatic rings. The van der Waals surface area contributed by atoms with Gasteiger partial charge in [-0.2, -0.15) is 11.8 Å². The molecule has 4 rings (SSSR count). The summed E-state index contributed by atoms with van der Waals surface area (Å²) in [6, 6.07) is 8.55. The average molecular weight is 390 g/mol. The number of nitrogens with one attached hydrogen (secondary N) is 2. The van der Waals surface area contributed by atoms with Crippen molar-refractivity contribution in [2.45, 2.75) is 62.7 Å². The maximum absolute atomic E-state index is 10.6. The zero-order valence-electron chi connectivity index (χ0n) is 16.2. The van der Waals surface area contributed by atoms with Crippen molar-refractivity contribution in [3.63, 3.8) is 0 Å². The summed E-state index contributed by atoms with van der Waals surface area (Å²) in [6.45, 7) is 3.33. The number of aliphatic hydroxyl groups is 1. The van der Waals surface area contributed by atoms with Gasteiger partial charge in [0.05, 0.1) is 18.2 Å². The summed E-state index contributed by atoms with van der Waals surface area (Å²) in [7, 11) is 0. The summed E-state index contributed by atoms with van der Waals surface area (Å²) >= 11 is 1.81. The van der Waals surface area contributed by atoms with Crippen LogP contribution in [0.1, 0.15) is 57.1 Å². The van der Waals surface area contributed by atoms with Crippen molar-refractivity contribution in [2.75, 3.05) is 24.6 Å². The predicted molar refractivity (Wildman–Crippen MR) is 112 cm³/mol. The molecule has 27 heavy (non-hydrogen) atoms. The van der Waals surface area contributed by atoms with E-state index in [0.29, 0.717) is 6.54 Å². The van der Waals surface area contributed by atoms with E-state index in [4.69, 9.17) is 9.73 Å². The van der Waals surface area contributed by atoms with Crippen LogP contribution in [-0.2, 0) is 0 Å². The van der Waals surface area contributed by atoms with Gasteiger partial charge in [-0.25, -0.2) is 0 Å². The normalized spacial score (nSPS) is 29.4. The van der Waals surface area contributed by atoms with Crippen LogP contribution >= 0.6 is 11.8 Å². The van der Waals surface area contributed by atoms with Crippen molar-refractivity contribution in [3.05, 3.63) is 29.8 Å². The van der Waals surface area contributed by atoms with Crippen molar-refractivity contribution in [1.29, 1.82) is 0 Å². The second kappa shape index (κ2) is 7.92. The number of rotatable bonds is 4. The highest BCUT2D eigenvalue weighted by atomic mass is 32.2. The standard InChI is InChI=1S/C21H31N3O2S/c1-2-22-19(23-14-20(25)11-12-27-15-20)24-17-13-21(9-5-6-10-21)26-18-8-4-3-7-16(17)18/h3-4,7-8,17,25H,2,5-6,9-15H2,1H3,(H2,22,23,24). The van der Waals surface area contributed by atoms with Crippen molar-refractivity contribution >= 4 is 17.7 Å². The molecular weight excluding hydrogens is 358 g/mol. The highest BCUT2D eigenvalue weighted by Crippen LogP contribution is 2.46. The molecule has 2 atom stereocenters. The first-order valence-corrected chi connectivity index (χ1v) is 11.4. The number of hydrogen-bond acceptors (Lipinski definition) is 4. The van der Waals surface area contributed by atoms with E-state index in [2.05, 4.69) is 41.8 Å². The largest absolute Gasteiger partial charge is 0.487 e. The molecule has 1 spiro atoms. The number of fused-ring (bicyclic) bond motifs is 1. The average Bonchev–Trinajstić information content (AvgIpc) is 3.30. The lowest BCUT2D eigenvalue weighted by Crippen LogP contribution is -2.47. The minimum Gasteiger partial charge on any atom is -0.487 e. The van der Waals surface area contributed by atoms with Crippen molar-refractivity contribution in [1.82, 2.24) is 10.6 Å². The molecule has 2 fully saturated rings. The molecule has 5 nitrogen and oxygen atoms in total. The summed E-state index contributed by atoms with van der Waals surface area (Å²) in [5, 5.41) is 17.6. The van der Waals surface area contributed by atoms with E-state index >= 15 is 0 Å². The van der Waals surface area contributed by atoms with Gasteiger partial charge < -0.3 is 20.5 Å². The van der Waals surface area contributed by atoms with Crippen LogP contribution in [-0.4, -0.2) is 46.9 Å². The fourth-order valence-corrected chi connectivity index (χ4v) is 5.79. The van der Waals surface area contributed by atoms with Gasteiger partial charge in [0.25, 0.3) is 0 Å². The summed E-state index contributed by atoms with van der Waals surface area (Å²) in [4.78, 5) is 4.74. The van der Waals surface area contributed by atoms with Gasteiger partial charge in [-0.15, -0.1) is 0 Å². The number of para-hydroxylation sites is 1. The minimum absolute atomic E-state index is 0.0381. The number of ether oxygens (including phenoxy) is 1. The fourth-order valence-electron chi connectivity index (χ4n) is 4.50. The maximum Gasteiger partial charge on any atom is 0.191 e. The van der Waals surface area contributed by atoms with Crippen LogP contribution < -0.4 is 15.4 Å². The Morgan fingerprint density at radius 2 is 2.11 bits per heavy atom. The fraction of sp³-hybridized carbons (Fsp3) is 0.667. The molecule has 2 unspecified atom stereocenters. The number of guanidine groups is 1. The summed E-state index contributed by atoms with van der Waals surface area (Å²) in [6.07, 6.45) is 6.54. The van der Waals surface area contributed by atoms with Crippen LogP contribution in [0.25, 0.3) is 0 Å². The highest BCUT2D eigenvalue weighted by molar-refractivity contribution is 7.99. The molecule has 1 aromatic carbocycles. The maximum atomic E-state index is 10.6. The Morgan fingerprint density at radius 1 is 1.30 bits per heavy atom. The second-order valence-electron chi connectivity index (χ2n) is 8.15. The van der Waals surface area contributed by atoms with Crippen molar-refractivity contribution < 1.29 is 9.84 Å². The molecule has 148 valence electrons. The molecule has 0 radical (unpaired) electrons. The first-order chi connectivity index (χ1) is 13.1. The third-order valence-corrected chi connectivity index (χ3v) is 7.22. The van der Waals surface area contributed by atoms with E-state index in [9.17, 15) is 5.11 Å². The van der Waals surface area contributed by atoms with Crippen molar-refractivity contribution in [2.24, 2.45) is 4.99 Å². The number of thioether (sulfide) groups is 1. The molecule has 6 heteroatoms. The Balaban J connectivity index is 1.54. The minimum atomic E-state index is -0.659. The third-order valence-electron chi connectivity index (χ3n) is 5.98. The quantitative estimate of drug-likeness (QED) is 0.545. The lowest BCUT2D eigenvalue weighted by Gasteiger charge is -2.40. The Bertz CT molecular complexity index is 682. The van der Waals surface area contributed by atoms with Crippen LogP contribution in [0.3, 0.4) is 0 Å². The topological polar surface area (TPSA) is 65.9 Å². The summed E-state index contributed by atoms with van der Waals surface area (Å²) in [5.41, 5.74) is 0.507. The van der Waals surface area contributed by atoms with E-state index in [1.807, 2.05) is 11.8 Å². The number of nitrogens with zero attached hydrogens (tertiary/aromatic N) is 1. The third kappa shape index (κ3) is 4.21. The summed E-state index contributed by atoms with van der Waals surface area (Å²) in [5.74, 6) is 3.59. The molecule has 1 aromatic rings. The number of aliphatic imine (C=N–C) groups is 1. The molecule has 2 aliphatic heterocycles. The van der Waals surface area contributed by atoms with Crippen LogP contribution in [0.2, 0.25) is 0 Å². The van der Waals surface area contributed by atoms with Crippen LogP contribution in [0.15, 0.2) is 29.3 Å². The Morgan fingerprint density at radius 3 is 2.85 bits per heavy atom. The molecule has 0 amide bonds. The van der Waals surface area contributed by atoms with E-state index < -0.39 is 5.60 Å². The monoisotopic (exact) mass is 389 g/mol. The summed E-state index contributed by atoms with van der Waals surface area (Å²) < 4.78 is 6.47. The molecule has 1 aliphatic carbocycles. The Labute approximate surface area is 166 Å². The highest BCUT2D eigenvalue weighted by Gasteiger charge is 2.43. The number of benzene rings is 1. The molecule has 3 N–H and O–H groups in total. The molecule has 1 saturated carbocycles. The van der Waals surface area contributed by atoms with E-state index in [1.54, 1.807) is 0 Å². The van der Waals surface area contributed by atoms with E-state index in [1.165, 1.54) is 18.4 Å². The van der Waals surface area contributed by atoms with Crippen LogP contribution in [0, 0.1) is 0 Å². The molecular formula is C21H31N3O2S. The zero-order chi connectivity index (χ0) is 18.7. The zero-order valence-corrected chi connectivity index (χ0v) is 17.0. The van der Waals surface area contributed by atoms with Gasteiger partial charge in [0.15, 0.2) is 5.96 Å². The van der Waals surface area contributed by atoms with Gasteiger partial charge in [0.1, 0.15) is 11.4 Å².